The van der Waals surface area contributed by atoms with Crippen LogP contribution in [0.25, 0.3) is 0 Å². The van der Waals surface area contributed by atoms with Gasteiger partial charge in [0.15, 0.2) is 0 Å². The molecule has 1 saturated heterocycles. The molecule has 0 spiro atoms. The van der Waals surface area contributed by atoms with E-state index in [4.69, 9.17) is 4.74 Å². The van der Waals surface area contributed by atoms with Crippen LogP contribution in [-0.4, -0.2) is 62.0 Å². The lowest BCUT2D eigenvalue weighted by Crippen LogP contribution is -2.54. The Labute approximate surface area is 185 Å². The number of benzene rings is 1. The van der Waals surface area contributed by atoms with Crippen molar-refractivity contribution in [3.63, 3.8) is 0 Å². The first-order valence-corrected chi connectivity index (χ1v) is 11.2. The normalized spacial score (nSPS) is 15.6. The molecule has 7 nitrogen and oxygen atoms in total. The van der Waals surface area contributed by atoms with Gasteiger partial charge in [-0.1, -0.05) is 32.0 Å². The lowest BCUT2D eigenvalue weighted by molar-refractivity contribution is -0.133. The van der Waals surface area contributed by atoms with Crippen LogP contribution in [0.3, 0.4) is 0 Å². The van der Waals surface area contributed by atoms with Crippen molar-refractivity contribution in [1.82, 2.24) is 15.5 Å². The highest BCUT2D eigenvalue weighted by Gasteiger charge is 2.34. The number of likely N-dealkylation sites (tertiary alicyclic amines) is 1. The minimum atomic E-state index is -0.628. The molecule has 0 bridgehead atoms. The minimum absolute atomic E-state index is 0.0153. The molecule has 3 amide bonds. The van der Waals surface area contributed by atoms with Crippen LogP contribution in [-0.2, 0) is 14.3 Å². The van der Waals surface area contributed by atoms with Gasteiger partial charge < -0.3 is 20.3 Å². The number of amides is 3. The Morgan fingerprint density at radius 2 is 1.84 bits per heavy atom. The van der Waals surface area contributed by atoms with Crippen LogP contribution in [0.5, 0.6) is 0 Å². The number of aryl methyl sites for hydroxylation is 1. The summed E-state index contributed by atoms with van der Waals surface area (Å²) in [6.07, 6.45) is 2.63. The van der Waals surface area contributed by atoms with Gasteiger partial charge in [0.25, 0.3) is 5.91 Å². The molecule has 1 aliphatic rings. The molecule has 7 heteroatoms. The van der Waals surface area contributed by atoms with Crippen molar-refractivity contribution in [2.24, 2.45) is 11.8 Å². The molecule has 31 heavy (non-hydrogen) atoms. The van der Waals surface area contributed by atoms with Crippen LogP contribution >= 0.6 is 0 Å². The third-order valence-corrected chi connectivity index (χ3v) is 5.73. The first kappa shape index (κ1) is 24.9. The van der Waals surface area contributed by atoms with E-state index in [1.165, 1.54) is 0 Å². The molecular weight excluding hydrogens is 394 g/mol. The Morgan fingerprint density at radius 1 is 1.16 bits per heavy atom. The van der Waals surface area contributed by atoms with E-state index in [2.05, 4.69) is 10.6 Å². The van der Waals surface area contributed by atoms with Crippen molar-refractivity contribution in [3.05, 3.63) is 35.4 Å². The molecular formula is C24H37N3O4. The molecule has 0 radical (unpaired) electrons. The van der Waals surface area contributed by atoms with E-state index in [1.54, 1.807) is 13.2 Å². The average Bonchev–Trinajstić information content (AvgIpc) is 2.74. The third-order valence-electron chi connectivity index (χ3n) is 5.73. The smallest absolute Gasteiger partial charge is 0.252 e. The molecule has 1 aliphatic heterocycles. The molecule has 1 aromatic rings. The number of rotatable bonds is 10. The summed E-state index contributed by atoms with van der Waals surface area (Å²) >= 11 is 0. The number of piperidine rings is 1. The summed E-state index contributed by atoms with van der Waals surface area (Å²) in [5.41, 5.74) is 1.44. The van der Waals surface area contributed by atoms with Gasteiger partial charge in [-0.15, -0.1) is 0 Å². The fraction of sp³-hybridized carbons (Fsp3) is 0.625. The van der Waals surface area contributed by atoms with Gasteiger partial charge in [0.2, 0.25) is 11.8 Å². The third kappa shape index (κ3) is 7.65. The molecule has 0 aliphatic carbocycles. The second-order valence-electron chi connectivity index (χ2n) is 8.72. The molecule has 0 unspecified atom stereocenters. The first-order chi connectivity index (χ1) is 14.8. The maximum atomic E-state index is 13.0. The first-order valence-electron chi connectivity index (χ1n) is 11.2. The van der Waals surface area contributed by atoms with Crippen LogP contribution in [0.4, 0.5) is 0 Å². The van der Waals surface area contributed by atoms with Crippen molar-refractivity contribution in [2.45, 2.75) is 52.5 Å². The molecule has 1 aromatic carbocycles. The fourth-order valence-electron chi connectivity index (χ4n) is 3.94. The van der Waals surface area contributed by atoms with Gasteiger partial charge >= 0.3 is 0 Å². The molecule has 1 fully saturated rings. The highest BCUT2D eigenvalue weighted by Crippen LogP contribution is 2.23. The second kappa shape index (κ2) is 12.4. The highest BCUT2D eigenvalue weighted by atomic mass is 16.5. The molecule has 2 N–H and O–H groups in total. The highest BCUT2D eigenvalue weighted by molar-refractivity contribution is 5.98. The molecule has 1 heterocycles. The van der Waals surface area contributed by atoms with Crippen LogP contribution in [0.2, 0.25) is 0 Å². The van der Waals surface area contributed by atoms with Gasteiger partial charge in [0.1, 0.15) is 6.04 Å². The summed E-state index contributed by atoms with van der Waals surface area (Å²) in [4.78, 5) is 40.2. The maximum Gasteiger partial charge on any atom is 0.252 e. The molecule has 1 atom stereocenters. The van der Waals surface area contributed by atoms with E-state index in [0.717, 1.165) is 5.56 Å². The number of hydrogen-bond acceptors (Lipinski definition) is 4. The summed E-state index contributed by atoms with van der Waals surface area (Å²) in [6.45, 7) is 8.25. The minimum Gasteiger partial charge on any atom is -0.385 e. The molecule has 2 rings (SSSR count). The van der Waals surface area contributed by atoms with Crippen LogP contribution in [0.15, 0.2) is 24.3 Å². The fourth-order valence-corrected chi connectivity index (χ4v) is 3.94. The summed E-state index contributed by atoms with van der Waals surface area (Å²) < 4.78 is 5.04. The van der Waals surface area contributed by atoms with E-state index in [-0.39, 0.29) is 23.6 Å². The van der Waals surface area contributed by atoms with Crippen molar-refractivity contribution in [1.29, 1.82) is 0 Å². The Bertz CT molecular complexity index is 742. The molecule has 0 aromatic heterocycles. The number of carbonyl (C=O) groups excluding carboxylic acids is 3. The largest absolute Gasteiger partial charge is 0.385 e. The maximum absolute atomic E-state index is 13.0. The summed E-state index contributed by atoms with van der Waals surface area (Å²) in [6, 6.07) is 6.73. The second-order valence-corrected chi connectivity index (χ2v) is 8.72. The standard InChI is InChI=1S/C24H37N3O4/c1-17(2)16-21(28)27-13-10-19(11-14-27)22(24(30)25-12-7-15-31-4)26-23(29)20-9-6-5-8-18(20)3/h5-6,8-9,17,19,22H,7,10-16H2,1-4H3,(H,25,30)(H,26,29)/t22-/m1/s1. The van der Waals surface area contributed by atoms with Crippen molar-refractivity contribution >= 4 is 17.7 Å². The zero-order chi connectivity index (χ0) is 22.8. The number of carbonyl (C=O) groups is 3. The van der Waals surface area contributed by atoms with Crippen LogP contribution in [0.1, 0.15) is 55.5 Å². The Balaban J connectivity index is 2.05. The summed E-state index contributed by atoms with van der Waals surface area (Å²) in [7, 11) is 1.63. The predicted octanol–water partition coefficient (Wildman–Crippen LogP) is 2.53. The molecule has 0 saturated carbocycles. The number of ether oxygens (including phenoxy) is 1. The lowest BCUT2D eigenvalue weighted by Gasteiger charge is -2.36. The van der Waals surface area contributed by atoms with E-state index < -0.39 is 6.04 Å². The van der Waals surface area contributed by atoms with Gasteiger partial charge in [0.05, 0.1) is 0 Å². The predicted molar refractivity (Wildman–Crippen MR) is 121 cm³/mol. The van der Waals surface area contributed by atoms with Crippen LogP contribution < -0.4 is 10.6 Å². The van der Waals surface area contributed by atoms with Gasteiger partial charge in [0, 0.05) is 45.3 Å². The van der Waals surface area contributed by atoms with E-state index in [1.807, 2.05) is 43.9 Å². The molecule has 172 valence electrons. The van der Waals surface area contributed by atoms with Crippen molar-refractivity contribution in [3.8, 4) is 0 Å². The zero-order valence-electron chi connectivity index (χ0n) is 19.3. The van der Waals surface area contributed by atoms with Crippen molar-refractivity contribution in [2.75, 3.05) is 33.4 Å². The average molecular weight is 432 g/mol. The van der Waals surface area contributed by atoms with E-state index >= 15 is 0 Å². The number of methoxy groups -OCH3 is 1. The van der Waals surface area contributed by atoms with Crippen molar-refractivity contribution < 1.29 is 19.1 Å². The Hall–Kier alpha value is -2.41. The monoisotopic (exact) mass is 431 g/mol. The van der Waals surface area contributed by atoms with Gasteiger partial charge in [-0.3, -0.25) is 14.4 Å². The van der Waals surface area contributed by atoms with E-state index in [9.17, 15) is 14.4 Å². The lowest BCUT2D eigenvalue weighted by atomic mass is 9.88. The number of hydrogen-bond donors (Lipinski definition) is 2. The van der Waals surface area contributed by atoms with Gasteiger partial charge in [-0.25, -0.2) is 0 Å². The Morgan fingerprint density at radius 3 is 2.45 bits per heavy atom. The zero-order valence-corrected chi connectivity index (χ0v) is 19.3. The quantitative estimate of drug-likeness (QED) is 0.557. The SMILES string of the molecule is COCCCNC(=O)[C@H](NC(=O)c1ccccc1C)C1CCN(C(=O)CC(C)C)CC1. The van der Waals surface area contributed by atoms with Gasteiger partial charge in [-0.2, -0.15) is 0 Å². The summed E-state index contributed by atoms with van der Waals surface area (Å²) in [5, 5.41) is 5.91. The number of nitrogens with zero attached hydrogens (tertiary/aromatic N) is 1. The topological polar surface area (TPSA) is 87.7 Å². The summed E-state index contributed by atoms with van der Waals surface area (Å²) in [5.74, 6) is 0.0548. The van der Waals surface area contributed by atoms with Gasteiger partial charge in [-0.05, 0) is 49.7 Å². The van der Waals surface area contributed by atoms with Crippen LogP contribution in [0, 0.1) is 18.8 Å². The van der Waals surface area contributed by atoms with E-state index in [0.29, 0.717) is 63.4 Å². The number of nitrogens with one attached hydrogen (secondary N) is 2. The Kier molecular flexibility index (Phi) is 9.98.